The van der Waals surface area contributed by atoms with Crippen molar-refractivity contribution in [1.82, 2.24) is 0 Å². The van der Waals surface area contributed by atoms with Crippen LogP contribution in [0.5, 0.6) is 0 Å². The molecule has 1 fully saturated rings. The number of aliphatic hydroxyl groups excluding tert-OH is 1. The fourth-order valence-electron chi connectivity index (χ4n) is 2.36. The summed E-state index contributed by atoms with van der Waals surface area (Å²) in [4.78, 5) is 2.08. The molecule has 0 aliphatic heterocycles. The van der Waals surface area contributed by atoms with Crippen molar-refractivity contribution >= 4 is 5.69 Å². The molecule has 0 bridgehead atoms. The number of nitriles is 1. The molecule has 1 aromatic rings. The van der Waals surface area contributed by atoms with Crippen LogP contribution in [0.15, 0.2) is 24.3 Å². The van der Waals surface area contributed by atoms with Crippen molar-refractivity contribution in [2.45, 2.75) is 31.4 Å². The Morgan fingerprint density at radius 1 is 1.44 bits per heavy atom. The molecule has 2 atom stereocenters. The Balaban J connectivity index is 2.20. The first-order valence-electron chi connectivity index (χ1n) is 5.63. The van der Waals surface area contributed by atoms with Gasteiger partial charge in [0.2, 0.25) is 0 Å². The molecule has 1 saturated carbocycles. The van der Waals surface area contributed by atoms with Crippen molar-refractivity contribution in [3.63, 3.8) is 0 Å². The summed E-state index contributed by atoms with van der Waals surface area (Å²) < 4.78 is 0. The van der Waals surface area contributed by atoms with E-state index in [0.29, 0.717) is 5.56 Å². The van der Waals surface area contributed by atoms with Crippen LogP contribution in [0.3, 0.4) is 0 Å². The van der Waals surface area contributed by atoms with Crippen LogP contribution in [0, 0.1) is 11.3 Å². The molecule has 3 nitrogen and oxygen atoms in total. The second-order valence-corrected chi connectivity index (χ2v) is 4.34. The third-order valence-electron chi connectivity index (χ3n) is 3.32. The molecule has 1 aliphatic carbocycles. The van der Waals surface area contributed by atoms with Crippen LogP contribution in [0.25, 0.3) is 0 Å². The Morgan fingerprint density at radius 3 is 2.88 bits per heavy atom. The second-order valence-electron chi connectivity index (χ2n) is 4.34. The SMILES string of the molecule is CN(c1cccc(C#N)c1)C1CCCC1O. The van der Waals surface area contributed by atoms with E-state index in [4.69, 9.17) is 5.26 Å². The normalized spacial score (nSPS) is 24.1. The van der Waals surface area contributed by atoms with Gasteiger partial charge >= 0.3 is 0 Å². The molecule has 1 N–H and O–H groups in total. The molecule has 2 rings (SSSR count). The zero-order valence-corrected chi connectivity index (χ0v) is 9.43. The van der Waals surface area contributed by atoms with E-state index in [0.717, 1.165) is 24.9 Å². The van der Waals surface area contributed by atoms with E-state index in [1.54, 1.807) is 6.07 Å². The predicted octanol–water partition coefficient (Wildman–Crippen LogP) is 1.91. The molecule has 84 valence electrons. The van der Waals surface area contributed by atoms with E-state index in [-0.39, 0.29) is 12.1 Å². The van der Waals surface area contributed by atoms with E-state index in [1.165, 1.54) is 0 Å². The molecule has 0 aromatic heterocycles. The Hall–Kier alpha value is -1.53. The molecule has 0 spiro atoms. The largest absolute Gasteiger partial charge is 0.391 e. The predicted molar refractivity (Wildman–Crippen MR) is 63.2 cm³/mol. The highest BCUT2D eigenvalue weighted by Crippen LogP contribution is 2.27. The molecule has 1 aliphatic rings. The third kappa shape index (κ3) is 2.02. The van der Waals surface area contributed by atoms with E-state index < -0.39 is 0 Å². The number of likely N-dealkylation sites (N-methyl/N-ethyl adjacent to an activating group) is 1. The summed E-state index contributed by atoms with van der Waals surface area (Å²) in [6, 6.07) is 9.84. The number of hydrogen-bond donors (Lipinski definition) is 1. The van der Waals surface area contributed by atoms with Crippen LogP contribution in [-0.4, -0.2) is 24.3 Å². The van der Waals surface area contributed by atoms with Crippen molar-refractivity contribution < 1.29 is 5.11 Å². The van der Waals surface area contributed by atoms with E-state index in [1.807, 2.05) is 25.2 Å². The molecule has 3 heteroatoms. The Kier molecular flexibility index (Phi) is 3.12. The summed E-state index contributed by atoms with van der Waals surface area (Å²) in [6.07, 6.45) is 2.74. The minimum atomic E-state index is -0.240. The lowest BCUT2D eigenvalue weighted by atomic mass is 10.1. The number of nitrogens with zero attached hydrogens (tertiary/aromatic N) is 2. The molecule has 1 aromatic carbocycles. The highest BCUT2D eigenvalue weighted by atomic mass is 16.3. The average molecular weight is 216 g/mol. The zero-order valence-electron chi connectivity index (χ0n) is 9.43. The minimum Gasteiger partial charge on any atom is -0.391 e. The Bertz CT molecular complexity index is 411. The summed E-state index contributed by atoms with van der Waals surface area (Å²) in [5, 5.41) is 18.7. The second kappa shape index (κ2) is 4.54. The van der Waals surface area contributed by atoms with Gasteiger partial charge in [-0.05, 0) is 37.5 Å². The topological polar surface area (TPSA) is 47.3 Å². The lowest BCUT2D eigenvalue weighted by molar-refractivity contribution is 0.163. The zero-order chi connectivity index (χ0) is 11.5. The maximum Gasteiger partial charge on any atom is 0.0992 e. The molecule has 0 amide bonds. The van der Waals surface area contributed by atoms with Crippen LogP contribution < -0.4 is 4.90 Å². The van der Waals surface area contributed by atoms with E-state index >= 15 is 0 Å². The van der Waals surface area contributed by atoms with Crippen LogP contribution in [0.4, 0.5) is 5.69 Å². The van der Waals surface area contributed by atoms with Gasteiger partial charge in [-0.3, -0.25) is 0 Å². The van der Waals surface area contributed by atoms with Gasteiger partial charge in [0.05, 0.1) is 23.8 Å². The van der Waals surface area contributed by atoms with Gasteiger partial charge in [0.1, 0.15) is 0 Å². The van der Waals surface area contributed by atoms with Gasteiger partial charge in [-0.2, -0.15) is 5.26 Å². The van der Waals surface area contributed by atoms with Crippen LogP contribution in [-0.2, 0) is 0 Å². The van der Waals surface area contributed by atoms with E-state index in [2.05, 4.69) is 11.0 Å². The first kappa shape index (κ1) is 11.0. The third-order valence-corrected chi connectivity index (χ3v) is 3.32. The lowest BCUT2D eigenvalue weighted by Gasteiger charge is -2.29. The van der Waals surface area contributed by atoms with Crippen molar-refractivity contribution in [2.24, 2.45) is 0 Å². The van der Waals surface area contributed by atoms with Crippen molar-refractivity contribution in [1.29, 1.82) is 5.26 Å². The first-order chi connectivity index (χ1) is 7.72. The van der Waals surface area contributed by atoms with Gasteiger partial charge in [0, 0.05) is 12.7 Å². The van der Waals surface area contributed by atoms with Gasteiger partial charge in [-0.25, -0.2) is 0 Å². The summed E-state index contributed by atoms with van der Waals surface area (Å²) in [5.74, 6) is 0. The monoisotopic (exact) mass is 216 g/mol. The van der Waals surface area contributed by atoms with Crippen molar-refractivity contribution in [3.05, 3.63) is 29.8 Å². The fourth-order valence-corrected chi connectivity index (χ4v) is 2.36. The van der Waals surface area contributed by atoms with Gasteiger partial charge in [-0.1, -0.05) is 6.07 Å². The number of hydrogen-bond acceptors (Lipinski definition) is 3. The highest BCUT2D eigenvalue weighted by molar-refractivity contribution is 5.52. The molecule has 0 radical (unpaired) electrons. The summed E-state index contributed by atoms with van der Waals surface area (Å²) >= 11 is 0. The van der Waals surface area contributed by atoms with Crippen molar-refractivity contribution in [3.8, 4) is 6.07 Å². The van der Waals surface area contributed by atoms with Crippen molar-refractivity contribution in [2.75, 3.05) is 11.9 Å². The van der Waals surface area contributed by atoms with Gasteiger partial charge in [0.15, 0.2) is 0 Å². The van der Waals surface area contributed by atoms with Gasteiger partial charge in [0.25, 0.3) is 0 Å². The Labute approximate surface area is 95.9 Å². The smallest absolute Gasteiger partial charge is 0.0992 e. The maximum absolute atomic E-state index is 9.84. The fraction of sp³-hybridized carbons (Fsp3) is 0.462. The van der Waals surface area contributed by atoms with Crippen LogP contribution >= 0.6 is 0 Å². The maximum atomic E-state index is 9.84. The number of aliphatic hydroxyl groups is 1. The summed E-state index contributed by atoms with van der Waals surface area (Å²) in [7, 11) is 1.98. The molecule has 0 saturated heterocycles. The van der Waals surface area contributed by atoms with Crippen LogP contribution in [0.1, 0.15) is 24.8 Å². The van der Waals surface area contributed by atoms with Gasteiger partial charge in [-0.15, -0.1) is 0 Å². The number of benzene rings is 1. The van der Waals surface area contributed by atoms with Gasteiger partial charge < -0.3 is 10.0 Å². The molecular formula is C13H16N2O. The quantitative estimate of drug-likeness (QED) is 0.821. The number of anilines is 1. The Morgan fingerprint density at radius 2 is 2.25 bits per heavy atom. The average Bonchev–Trinajstić information content (AvgIpc) is 2.74. The summed E-state index contributed by atoms with van der Waals surface area (Å²) in [6.45, 7) is 0. The summed E-state index contributed by atoms with van der Waals surface area (Å²) in [5.41, 5.74) is 1.67. The first-order valence-corrected chi connectivity index (χ1v) is 5.63. The standard InChI is InChI=1S/C13H16N2O/c1-15(12-6-3-7-13(12)16)11-5-2-4-10(8-11)9-14/h2,4-5,8,12-13,16H,3,6-7H2,1H3. The molecule has 2 unspecified atom stereocenters. The minimum absolute atomic E-state index is 0.189. The van der Waals surface area contributed by atoms with E-state index in [9.17, 15) is 5.11 Å². The molecule has 0 heterocycles. The highest BCUT2D eigenvalue weighted by Gasteiger charge is 2.28. The number of rotatable bonds is 2. The molecular weight excluding hydrogens is 200 g/mol. The lowest BCUT2D eigenvalue weighted by Crippen LogP contribution is -2.37. The molecule has 16 heavy (non-hydrogen) atoms. The van der Waals surface area contributed by atoms with Crippen LogP contribution in [0.2, 0.25) is 0 Å².